The summed E-state index contributed by atoms with van der Waals surface area (Å²) in [5, 5.41) is 9.94. The molecule has 1 aliphatic rings. The molecule has 1 saturated heterocycles. The largest absolute Gasteiger partial charge is 0.392 e. The molecule has 1 heterocycles. The average Bonchev–Trinajstić information content (AvgIpc) is 1.99. The van der Waals surface area contributed by atoms with E-state index in [1.165, 1.54) is 0 Å². The van der Waals surface area contributed by atoms with Gasteiger partial charge >= 0.3 is 0 Å². The first-order chi connectivity index (χ1) is 6.60. The smallest absolute Gasteiger partial charge is 0.0670 e. The van der Waals surface area contributed by atoms with Crippen molar-refractivity contribution in [2.45, 2.75) is 59.6 Å². The highest BCUT2D eigenvalue weighted by atomic mass is 35.5. The summed E-state index contributed by atoms with van der Waals surface area (Å²) in [6.07, 6.45) is 0.804. The fourth-order valence-electron chi connectivity index (χ4n) is 2.25. The van der Waals surface area contributed by atoms with E-state index in [2.05, 4.69) is 46.4 Å². The lowest BCUT2D eigenvalue weighted by Crippen LogP contribution is -2.54. The Bertz CT molecular complexity index is 195. The molecule has 98 valence electrons. The number of aliphatic hydroxyl groups is 1. The summed E-state index contributed by atoms with van der Waals surface area (Å²) in [5.41, 5.74) is 0.468. The fourth-order valence-corrected chi connectivity index (χ4v) is 2.25. The Hall–Kier alpha value is 0.210. The van der Waals surface area contributed by atoms with Crippen molar-refractivity contribution in [1.29, 1.82) is 0 Å². The zero-order valence-corrected chi connectivity index (χ0v) is 12.4. The molecule has 3 heteroatoms. The second kappa shape index (κ2) is 5.24. The molecule has 0 aliphatic carbocycles. The maximum atomic E-state index is 9.94. The van der Waals surface area contributed by atoms with Gasteiger partial charge in [0.05, 0.1) is 6.10 Å². The van der Waals surface area contributed by atoms with Crippen LogP contribution in [0.15, 0.2) is 0 Å². The second-order valence-corrected chi connectivity index (χ2v) is 7.03. The van der Waals surface area contributed by atoms with Crippen molar-refractivity contribution in [3.05, 3.63) is 0 Å². The highest BCUT2D eigenvalue weighted by molar-refractivity contribution is 5.85. The van der Waals surface area contributed by atoms with Gasteiger partial charge in [-0.3, -0.25) is 4.90 Å². The summed E-state index contributed by atoms with van der Waals surface area (Å²) < 4.78 is 0. The quantitative estimate of drug-likeness (QED) is 0.714. The first-order valence-electron chi connectivity index (χ1n) is 6.04. The van der Waals surface area contributed by atoms with Gasteiger partial charge in [-0.15, -0.1) is 12.4 Å². The van der Waals surface area contributed by atoms with Crippen LogP contribution < -0.4 is 0 Å². The van der Waals surface area contributed by atoms with Crippen molar-refractivity contribution in [1.82, 2.24) is 4.90 Å². The second-order valence-electron chi connectivity index (χ2n) is 7.03. The van der Waals surface area contributed by atoms with E-state index in [9.17, 15) is 5.11 Å². The van der Waals surface area contributed by atoms with Gasteiger partial charge in [0.25, 0.3) is 0 Å². The molecule has 0 spiro atoms. The third kappa shape index (κ3) is 4.23. The van der Waals surface area contributed by atoms with Crippen LogP contribution in [0.5, 0.6) is 0 Å². The zero-order valence-electron chi connectivity index (χ0n) is 11.6. The van der Waals surface area contributed by atoms with Crippen LogP contribution in [0, 0.1) is 11.3 Å². The number of hydrogen-bond donors (Lipinski definition) is 1. The maximum absolute atomic E-state index is 9.94. The molecule has 0 aromatic carbocycles. The van der Waals surface area contributed by atoms with Crippen LogP contribution in [0.25, 0.3) is 0 Å². The van der Waals surface area contributed by atoms with Crippen LogP contribution in [0.3, 0.4) is 0 Å². The number of halogens is 1. The molecule has 0 aromatic rings. The summed E-state index contributed by atoms with van der Waals surface area (Å²) in [7, 11) is 0. The number of β-amino-alcohol motifs (C(OH)–C–C–N with tert-alkyl or cyclic N) is 1. The molecule has 0 aromatic heterocycles. The minimum Gasteiger partial charge on any atom is -0.392 e. The highest BCUT2D eigenvalue weighted by Gasteiger charge is 2.36. The molecule has 2 unspecified atom stereocenters. The first-order valence-corrected chi connectivity index (χ1v) is 6.04. The van der Waals surface area contributed by atoms with Crippen molar-refractivity contribution >= 4 is 12.4 Å². The fraction of sp³-hybridized carbons (Fsp3) is 1.00. The Labute approximate surface area is 107 Å². The molecular formula is C13H28ClNO. The number of piperidine rings is 1. The predicted molar refractivity (Wildman–Crippen MR) is 72.1 cm³/mol. The molecule has 0 saturated carbocycles. The summed E-state index contributed by atoms with van der Waals surface area (Å²) in [6, 6.07) is 0. The van der Waals surface area contributed by atoms with Gasteiger partial charge in [-0.1, -0.05) is 20.8 Å². The lowest BCUT2D eigenvalue weighted by molar-refractivity contribution is -0.0321. The van der Waals surface area contributed by atoms with E-state index >= 15 is 0 Å². The van der Waals surface area contributed by atoms with Crippen molar-refractivity contribution in [2.75, 3.05) is 13.1 Å². The minimum absolute atomic E-state index is 0. The molecule has 1 N–H and O–H groups in total. The minimum atomic E-state index is -0.151. The number of rotatable bonds is 0. The molecule has 0 bridgehead atoms. The molecule has 1 aliphatic heterocycles. The van der Waals surface area contributed by atoms with Gasteiger partial charge in [-0.05, 0) is 38.5 Å². The highest BCUT2D eigenvalue weighted by Crippen LogP contribution is 2.35. The molecule has 2 nitrogen and oxygen atoms in total. The van der Waals surface area contributed by atoms with E-state index in [0.717, 1.165) is 19.5 Å². The van der Waals surface area contributed by atoms with E-state index in [-0.39, 0.29) is 24.0 Å². The van der Waals surface area contributed by atoms with Crippen LogP contribution in [0.1, 0.15) is 48.0 Å². The zero-order chi connectivity index (χ0) is 11.9. The normalized spacial score (nSPS) is 28.7. The Morgan fingerprint density at radius 3 is 1.88 bits per heavy atom. The van der Waals surface area contributed by atoms with Crippen LogP contribution >= 0.6 is 12.4 Å². The van der Waals surface area contributed by atoms with E-state index in [1.807, 2.05) is 0 Å². The number of nitrogens with zero attached hydrogens (tertiary/aromatic N) is 1. The molecular weight excluding hydrogens is 222 g/mol. The average molecular weight is 250 g/mol. The molecule has 16 heavy (non-hydrogen) atoms. The summed E-state index contributed by atoms with van der Waals surface area (Å²) in [6.45, 7) is 15.4. The molecule has 1 rings (SSSR count). The monoisotopic (exact) mass is 249 g/mol. The van der Waals surface area contributed by atoms with E-state index in [1.54, 1.807) is 0 Å². The van der Waals surface area contributed by atoms with Crippen molar-refractivity contribution in [3.8, 4) is 0 Å². The molecule has 1 fully saturated rings. The standard InChI is InChI=1S/C13H27NO.ClH/c1-12(2,3)10-7-11(15)9-14(8-10)13(4,5)6;/h10-11,15H,7-9H2,1-6H3;1H. The molecule has 0 amide bonds. The van der Waals surface area contributed by atoms with Crippen molar-refractivity contribution in [2.24, 2.45) is 11.3 Å². The van der Waals surface area contributed by atoms with Gasteiger partial charge in [0.1, 0.15) is 0 Å². The maximum Gasteiger partial charge on any atom is 0.0670 e. The van der Waals surface area contributed by atoms with E-state index in [0.29, 0.717) is 11.3 Å². The SMILES string of the molecule is CC(C)(C)C1CC(O)CN(C(C)(C)C)C1.Cl. The van der Waals surface area contributed by atoms with Crippen molar-refractivity contribution < 1.29 is 5.11 Å². The van der Waals surface area contributed by atoms with Gasteiger partial charge in [-0.2, -0.15) is 0 Å². The molecule has 2 atom stereocenters. The molecule has 0 radical (unpaired) electrons. The van der Waals surface area contributed by atoms with Gasteiger partial charge in [0.2, 0.25) is 0 Å². The summed E-state index contributed by atoms with van der Waals surface area (Å²) >= 11 is 0. The van der Waals surface area contributed by atoms with E-state index < -0.39 is 0 Å². The van der Waals surface area contributed by atoms with Crippen LogP contribution in [0.4, 0.5) is 0 Å². The van der Waals surface area contributed by atoms with Gasteiger partial charge in [-0.25, -0.2) is 0 Å². The predicted octanol–water partition coefficient (Wildman–Crippen LogP) is 2.94. The first kappa shape index (κ1) is 16.2. The third-order valence-electron chi connectivity index (χ3n) is 3.60. The Kier molecular flexibility index (Phi) is 5.31. The summed E-state index contributed by atoms with van der Waals surface area (Å²) in [5.74, 6) is 0.598. The number of hydrogen-bond acceptors (Lipinski definition) is 2. The Balaban J connectivity index is 0.00000225. The summed E-state index contributed by atoms with van der Waals surface area (Å²) in [4.78, 5) is 2.41. The number of likely N-dealkylation sites (tertiary alicyclic amines) is 1. The van der Waals surface area contributed by atoms with Gasteiger partial charge in [0.15, 0.2) is 0 Å². The van der Waals surface area contributed by atoms with Crippen LogP contribution in [0.2, 0.25) is 0 Å². The van der Waals surface area contributed by atoms with Crippen LogP contribution in [-0.2, 0) is 0 Å². The topological polar surface area (TPSA) is 23.5 Å². The Morgan fingerprint density at radius 2 is 1.50 bits per heavy atom. The lowest BCUT2D eigenvalue weighted by Gasteiger charge is -2.47. The number of aliphatic hydroxyl groups excluding tert-OH is 1. The van der Waals surface area contributed by atoms with Crippen molar-refractivity contribution in [3.63, 3.8) is 0 Å². The van der Waals surface area contributed by atoms with Gasteiger partial charge < -0.3 is 5.11 Å². The Morgan fingerprint density at radius 1 is 1.00 bits per heavy atom. The third-order valence-corrected chi connectivity index (χ3v) is 3.60. The lowest BCUT2D eigenvalue weighted by atomic mass is 9.75. The van der Waals surface area contributed by atoms with Gasteiger partial charge in [0, 0.05) is 18.6 Å². The van der Waals surface area contributed by atoms with Crippen LogP contribution in [-0.4, -0.2) is 34.7 Å². The van der Waals surface area contributed by atoms with E-state index in [4.69, 9.17) is 0 Å².